The summed E-state index contributed by atoms with van der Waals surface area (Å²) in [5.41, 5.74) is 1.39. The predicted octanol–water partition coefficient (Wildman–Crippen LogP) is 2.37. The first-order chi connectivity index (χ1) is 4.77. The van der Waals surface area contributed by atoms with Crippen LogP contribution in [0.3, 0.4) is 0 Å². The lowest BCUT2D eigenvalue weighted by Gasteiger charge is -1.97. The number of rotatable bonds is 5. The molecule has 0 radical (unpaired) electrons. The molecule has 0 unspecified atom stereocenters. The molecule has 0 aliphatic heterocycles. The van der Waals surface area contributed by atoms with Crippen molar-refractivity contribution in [1.82, 2.24) is 5.32 Å². The van der Waals surface area contributed by atoms with E-state index in [1.54, 1.807) is 0 Å². The monoisotopic (exact) mass is 253 g/mol. The highest BCUT2D eigenvalue weighted by Crippen LogP contribution is 1.87. The molecule has 0 saturated carbocycles. The van der Waals surface area contributed by atoms with E-state index in [1.165, 1.54) is 16.4 Å². The average Bonchev–Trinajstić information content (AvgIpc) is 1.87. The van der Waals surface area contributed by atoms with Crippen LogP contribution < -0.4 is 5.32 Å². The van der Waals surface area contributed by atoms with Crippen molar-refractivity contribution in [2.45, 2.75) is 20.3 Å². The summed E-state index contributed by atoms with van der Waals surface area (Å²) in [5.74, 6) is 0. The molecule has 0 aliphatic carbocycles. The number of nitrogens with one attached hydrogen (secondary N) is 1. The molecule has 0 saturated heterocycles. The van der Waals surface area contributed by atoms with Crippen LogP contribution in [0, 0.1) is 0 Å². The molecule has 0 aliphatic rings. The first-order valence-corrected chi connectivity index (χ1v) is 5.20. The van der Waals surface area contributed by atoms with Crippen LogP contribution in [0.25, 0.3) is 0 Å². The van der Waals surface area contributed by atoms with Crippen molar-refractivity contribution in [3.8, 4) is 0 Å². The minimum atomic E-state index is 1.03. The summed E-state index contributed by atoms with van der Waals surface area (Å²) >= 11 is 2.40. The molecule has 60 valence electrons. The van der Waals surface area contributed by atoms with Gasteiger partial charge in [-0.15, -0.1) is 0 Å². The van der Waals surface area contributed by atoms with Gasteiger partial charge in [0.15, 0.2) is 0 Å². The summed E-state index contributed by atoms with van der Waals surface area (Å²) in [5, 5.41) is 3.34. The molecular weight excluding hydrogens is 237 g/mol. The fraction of sp³-hybridized carbons (Fsp3) is 0.750. The van der Waals surface area contributed by atoms with Gasteiger partial charge in [-0.05, 0) is 26.8 Å². The molecule has 0 bridgehead atoms. The van der Waals surface area contributed by atoms with E-state index in [0.29, 0.717) is 0 Å². The number of alkyl halides is 1. The van der Waals surface area contributed by atoms with Crippen LogP contribution in [-0.4, -0.2) is 17.5 Å². The molecule has 1 N–H and O–H groups in total. The lowest BCUT2D eigenvalue weighted by Crippen LogP contribution is -2.15. The summed E-state index contributed by atoms with van der Waals surface area (Å²) in [6.07, 6.45) is 3.49. The van der Waals surface area contributed by atoms with Crippen molar-refractivity contribution >= 4 is 22.6 Å². The molecule has 0 fully saturated rings. The van der Waals surface area contributed by atoms with Crippen LogP contribution >= 0.6 is 22.6 Å². The highest BCUT2D eigenvalue weighted by atomic mass is 127. The third-order valence-corrected chi connectivity index (χ3v) is 1.90. The summed E-state index contributed by atoms with van der Waals surface area (Å²) < 4.78 is 1.25. The van der Waals surface area contributed by atoms with Crippen LogP contribution in [0.15, 0.2) is 11.6 Å². The second kappa shape index (κ2) is 7.54. The van der Waals surface area contributed by atoms with E-state index in [9.17, 15) is 0 Å². The quantitative estimate of drug-likeness (QED) is 0.343. The summed E-state index contributed by atoms with van der Waals surface area (Å²) in [6.45, 7) is 6.42. The smallest absolute Gasteiger partial charge is 0.0137 e. The Bertz CT molecular complexity index is 95.4. The van der Waals surface area contributed by atoms with Crippen LogP contribution in [0.5, 0.6) is 0 Å². The summed E-state index contributed by atoms with van der Waals surface area (Å²) in [4.78, 5) is 0. The van der Waals surface area contributed by atoms with Crippen LogP contribution in [-0.2, 0) is 0 Å². The normalized spacial score (nSPS) is 9.50. The van der Waals surface area contributed by atoms with E-state index in [2.05, 4.69) is 47.8 Å². The van der Waals surface area contributed by atoms with Crippen molar-refractivity contribution in [2.75, 3.05) is 17.5 Å². The summed E-state index contributed by atoms with van der Waals surface area (Å²) in [6, 6.07) is 0. The van der Waals surface area contributed by atoms with E-state index in [-0.39, 0.29) is 0 Å². The van der Waals surface area contributed by atoms with Crippen molar-refractivity contribution in [3.05, 3.63) is 11.6 Å². The lowest BCUT2D eigenvalue weighted by molar-refractivity contribution is 0.735. The fourth-order valence-electron chi connectivity index (χ4n) is 0.570. The highest BCUT2D eigenvalue weighted by Gasteiger charge is 1.82. The molecule has 0 aromatic rings. The molecule has 1 nitrogen and oxygen atoms in total. The maximum Gasteiger partial charge on any atom is 0.0137 e. The third-order valence-electron chi connectivity index (χ3n) is 1.14. The first-order valence-electron chi connectivity index (χ1n) is 3.67. The zero-order chi connectivity index (χ0) is 7.82. The second-order valence-corrected chi connectivity index (χ2v) is 3.61. The molecule has 0 spiro atoms. The minimum Gasteiger partial charge on any atom is -0.313 e. The van der Waals surface area contributed by atoms with Gasteiger partial charge in [-0.25, -0.2) is 0 Å². The Morgan fingerprint density at radius 3 is 2.70 bits per heavy atom. The second-order valence-electron chi connectivity index (χ2n) is 2.53. The Morgan fingerprint density at radius 1 is 1.50 bits per heavy atom. The maximum absolute atomic E-state index is 3.34. The van der Waals surface area contributed by atoms with Gasteiger partial charge in [0.05, 0.1) is 0 Å². The minimum absolute atomic E-state index is 1.03. The van der Waals surface area contributed by atoms with Crippen LogP contribution in [0.1, 0.15) is 20.3 Å². The molecule has 0 aromatic carbocycles. The molecule has 0 amide bonds. The van der Waals surface area contributed by atoms with Gasteiger partial charge < -0.3 is 5.32 Å². The Hall–Kier alpha value is 0.430. The molecule has 0 rings (SSSR count). The fourth-order valence-corrected chi connectivity index (χ4v) is 0.952. The number of hydrogen-bond donors (Lipinski definition) is 1. The number of allylic oxidation sites excluding steroid dienone is 1. The summed E-state index contributed by atoms with van der Waals surface area (Å²) in [7, 11) is 0. The number of halogens is 1. The largest absolute Gasteiger partial charge is 0.313 e. The average molecular weight is 253 g/mol. The van der Waals surface area contributed by atoms with Gasteiger partial charge in [0, 0.05) is 11.0 Å². The topological polar surface area (TPSA) is 12.0 Å². The van der Waals surface area contributed by atoms with Crippen molar-refractivity contribution in [2.24, 2.45) is 0 Å². The van der Waals surface area contributed by atoms with Gasteiger partial charge in [0.2, 0.25) is 0 Å². The van der Waals surface area contributed by atoms with Gasteiger partial charge >= 0.3 is 0 Å². The van der Waals surface area contributed by atoms with E-state index in [4.69, 9.17) is 0 Å². The van der Waals surface area contributed by atoms with Gasteiger partial charge in [-0.3, -0.25) is 0 Å². The standard InChI is InChI=1S/C8H16IN/c1-8(2)4-7-10-6-3-5-9/h4,10H,3,5-7H2,1-2H3. The van der Waals surface area contributed by atoms with Crippen molar-refractivity contribution < 1.29 is 0 Å². The zero-order valence-corrected chi connectivity index (χ0v) is 8.94. The molecule has 0 heterocycles. The van der Waals surface area contributed by atoms with Gasteiger partial charge in [0.25, 0.3) is 0 Å². The number of hydrogen-bond acceptors (Lipinski definition) is 1. The lowest BCUT2D eigenvalue weighted by atomic mass is 10.3. The third kappa shape index (κ3) is 8.43. The molecule has 10 heavy (non-hydrogen) atoms. The Morgan fingerprint density at radius 2 is 2.20 bits per heavy atom. The Balaban J connectivity index is 2.98. The molecule has 0 atom stereocenters. The van der Waals surface area contributed by atoms with Crippen LogP contribution in [0.2, 0.25) is 0 Å². The molecule has 0 aromatic heterocycles. The highest BCUT2D eigenvalue weighted by molar-refractivity contribution is 14.1. The van der Waals surface area contributed by atoms with Gasteiger partial charge in [0.1, 0.15) is 0 Å². The van der Waals surface area contributed by atoms with E-state index >= 15 is 0 Å². The van der Waals surface area contributed by atoms with E-state index in [0.717, 1.165) is 13.1 Å². The Labute approximate surface area is 77.4 Å². The van der Waals surface area contributed by atoms with Crippen LogP contribution in [0.4, 0.5) is 0 Å². The van der Waals surface area contributed by atoms with Crippen molar-refractivity contribution in [1.29, 1.82) is 0 Å². The van der Waals surface area contributed by atoms with E-state index < -0.39 is 0 Å². The van der Waals surface area contributed by atoms with Crippen molar-refractivity contribution in [3.63, 3.8) is 0 Å². The zero-order valence-electron chi connectivity index (χ0n) is 6.78. The van der Waals surface area contributed by atoms with Gasteiger partial charge in [-0.2, -0.15) is 0 Å². The predicted molar refractivity (Wildman–Crippen MR) is 55.8 cm³/mol. The molecule has 2 heteroatoms. The SMILES string of the molecule is CC(C)=CCNCCCI. The first kappa shape index (κ1) is 10.4. The Kier molecular flexibility index (Phi) is 7.86. The van der Waals surface area contributed by atoms with E-state index in [1.807, 2.05) is 0 Å². The maximum atomic E-state index is 3.34. The van der Waals surface area contributed by atoms with Gasteiger partial charge in [-0.1, -0.05) is 34.2 Å². The molecular formula is C8H16IN.